The van der Waals surface area contributed by atoms with Gasteiger partial charge in [-0.3, -0.25) is 4.21 Å². The molecule has 3 heteroatoms. The Morgan fingerprint density at radius 2 is 2.38 bits per heavy atom. The average Bonchev–Trinajstić information content (AvgIpc) is 1.66. The standard InChI is InChI=1S/C5H9NOS/c1-8(7)5-3-2-4-6/h2-3,5H2,1H3/t8-/m1/s1. The Hall–Kier alpha value is -0.360. The number of hydrogen-bond donors (Lipinski definition) is 0. The van der Waals surface area contributed by atoms with Crippen LogP contribution >= 0.6 is 0 Å². The molecular weight excluding hydrogens is 122 g/mol. The van der Waals surface area contributed by atoms with Gasteiger partial charge in [0.1, 0.15) is 0 Å². The highest BCUT2D eigenvalue weighted by Crippen LogP contribution is 1.87. The lowest BCUT2D eigenvalue weighted by atomic mass is 10.4. The van der Waals surface area contributed by atoms with Gasteiger partial charge in [-0.15, -0.1) is 0 Å². The molecule has 0 N–H and O–H groups in total. The van der Waals surface area contributed by atoms with Gasteiger partial charge in [-0.2, -0.15) is 5.26 Å². The minimum atomic E-state index is -0.718. The zero-order chi connectivity index (χ0) is 6.41. The first-order chi connectivity index (χ1) is 3.77. The molecule has 0 aliphatic carbocycles. The highest BCUT2D eigenvalue weighted by atomic mass is 32.2. The van der Waals surface area contributed by atoms with Gasteiger partial charge in [0, 0.05) is 29.2 Å². The third-order valence-corrected chi connectivity index (χ3v) is 1.58. The largest absolute Gasteiger partial charge is 0.260 e. The highest BCUT2D eigenvalue weighted by molar-refractivity contribution is 7.84. The van der Waals surface area contributed by atoms with E-state index in [1.807, 2.05) is 6.07 Å². The van der Waals surface area contributed by atoms with Crippen molar-refractivity contribution in [1.29, 1.82) is 5.26 Å². The fraction of sp³-hybridized carbons (Fsp3) is 0.800. The quantitative estimate of drug-likeness (QED) is 0.528. The fourth-order valence-corrected chi connectivity index (χ4v) is 0.905. The van der Waals surface area contributed by atoms with E-state index in [9.17, 15) is 4.21 Å². The molecule has 0 fully saturated rings. The van der Waals surface area contributed by atoms with Crippen LogP contribution in [0.3, 0.4) is 0 Å². The lowest BCUT2D eigenvalue weighted by molar-refractivity contribution is 0.684. The van der Waals surface area contributed by atoms with E-state index in [0.29, 0.717) is 12.2 Å². The van der Waals surface area contributed by atoms with E-state index in [0.717, 1.165) is 6.42 Å². The summed E-state index contributed by atoms with van der Waals surface area (Å²) in [4.78, 5) is 0. The predicted octanol–water partition coefficient (Wildman–Crippen LogP) is 0.669. The molecule has 8 heavy (non-hydrogen) atoms. The monoisotopic (exact) mass is 131 g/mol. The normalized spacial score (nSPS) is 12.5. The Labute approximate surface area is 52.0 Å². The fourth-order valence-electron chi connectivity index (χ4n) is 0.354. The van der Waals surface area contributed by atoms with Crippen LogP contribution < -0.4 is 0 Å². The van der Waals surface area contributed by atoms with Crippen LogP contribution in [0, 0.1) is 11.3 Å². The number of unbranched alkanes of at least 4 members (excludes halogenated alkanes) is 1. The first kappa shape index (κ1) is 7.64. The molecule has 0 rings (SSSR count). The average molecular weight is 131 g/mol. The summed E-state index contributed by atoms with van der Waals surface area (Å²) < 4.78 is 10.3. The molecule has 0 aromatic heterocycles. The van der Waals surface area contributed by atoms with Crippen LogP contribution in [0.5, 0.6) is 0 Å². The van der Waals surface area contributed by atoms with Gasteiger partial charge in [0.15, 0.2) is 0 Å². The summed E-state index contributed by atoms with van der Waals surface area (Å²) in [7, 11) is -0.718. The zero-order valence-electron chi connectivity index (χ0n) is 4.89. The topological polar surface area (TPSA) is 40.9 Å². The Morgan fingerprint density at radius 1 is 1.75 bits per heavy atom. The molecule has 0 aromatic rings. The Kier molecular flexibility index (Phi) is 4.58. The van der Waals surface area contributed by atoms with E-state index >= 15 is 0 Å². The van der Waals surface area contributed by atoms with E-state index in [-0.39, 0.29) is 0 Å². The third kappa shape index (κ3) is 5.64. The molecule has 0 aromatic carbocycles. The van der Waals surface area contributed by atoms with Gasteiger partial charge in [0.25, 0.3) is 0 Å². The summed E-state index contributed by atoms with van der Waals surface area (Å²) in [6.45, 7) is 0. The van der Waals surface area contributed by atoms with Crippen LogP contribution in [0.4, 0.5) is 0 Å². The van der Waals surface area contributed by atoms with Crippen LogP contribution in [0.25, 0.3) is 0 Å². The van der Waals surface area contributed by atoms with Gasteiger partial charge in [0.2, 0.25) is 0 Å². The molecule has 0 saturated heterocycles. The minimum Gasteiger partial charge on any atom is -0.260 e. The van der Waals surface area contributed by atoms with Crippen LogP contribution in [0.15, 0.2) is 0 Å². The van der Waals surface area contributed by atoms with Gasteiger partial charge in [-0.1, -0.05) is 0 Å². The Morgan fingerprint density at radius 3 is 2.75 bits per heavy atom. The highest BCUT2D eigenvalue weighted by Gasteiger charge is 1.87. The van der Waals surface area contributed by atoms with Crippen molar-refractivity contribution in [2.45, 2.75) is 12.8 Å². The maximum atomic E-state index is 10.3. The second kappa shape index (κ2) is 4.79. The summed E-state index contributed by atoms with van der Waals surface area (Å²) >= 11 is 0. The number of nitrogens with zero attached hydrogens (tertiary/aromatic N) is 1. The molecule has 0 spiro atoms. The van der Waals surface area contributed by atoms with Crippen molar-refractivity contribution in [3.05, 3.63) is 0 Å². The van der Waals surface area contributed by atoms with Crippen LogP contribution in [0.1, 0.15) is 12.8 Å². The van der Waals surface area contributed by atoms with Crippen molar-refractivity contribution in [2.24, 2.45) is 0 Å². The molecule has 0 unspecified atom stereocenters. The first-order valence-corrected chi connectivity index (χ1v) is 4.17. The molecule has 0 radical (unpaired) electrons. The van der Waals surface area contributed by atoms with E-state index in [1.165, 1.54) is 0 Å². The summed E-state index contributed by atoms with van der Waals surface area (Å²) in [5.74, 6) is 0.660. The molecule has 2 nitrogen and oxygen atoms in total. The lowest BCUT2D eigenvalue weighted by Gasteiger charge is -1.86. The molecule has 0 heterocycles. The Bertz CT molecular complexity index is 116. The molecule has 1 atom stereocenters. The first-order valence-electron chi connectivity index (χ1n) is 2.44. The zero-order valence-corrected chi connectivity index (χ0v) is 5.70. The van der Waals surface area contributed by atoms with E-state index in [2.05, 4.69) is 0 Å². The van der Waals surface area contributed by atoms with Gasteiger partial charge in [-0.25, -0.2) is 0 Å². The second-order valence-electron chi connectivity index (χ2n) is 1.54. The van der Waals surface area contributed by atoms with Crippen molar-refractivity contribution < 1.29 is 4.21 Å². The van der Waals surface area contributed by atoms with E-state index in [4.69, 9.17) is 5.26 Å². The summed E-state index contributed by atoms with van der Waals surface area (Å²) in [5.41, 5.74) is 0. The molecule has 0 bridgehead atoms. The summed E-state index contributed by atoms with van der Waals surface area (Å²) in [5, 5.41) is 8.03. The molecule has 0 saturated carbocycles. The molecular formula is C5H9NOS. The van der Waals surface area contributed by atoms with Crippen molar-refractivity contribution >= 4 is 10.8 Å². The molecule has 0 aliphatic heterocycles. The van der Waals surface area contributed by atoms with Gasteiger partial charge in [-0.05, 0) is 6.42 Å². The minimum absolute atomic E-state index is 0.527. The summed E-state index contributed by atoms with van der Waals surface area (Å²) in [6, 6.07) is 1.99. The number of nitriles is 1. The van der Waals surface area contributed by atoms with E-state index < -0.39 is 10.8 Å². The van der Waals surface area contributed by atoms with E-state index in [1.54, 1.807) is 6.26 Å². The van der Waals surface area contributed by atoms with Gasteiger partial charge in [0.05, 0.1) is 6.07 Å². The predicted molar refractivity (Wildman–Crippen MR) is 33.8 cm³/mol. The Balaban J connectivity index is 2.97. The van der Waals surface area contributed by atoms with Crippen molar-refractivity contribution in [3.63, 3.8) is 0 Å². The van der Waals surface area contributed by atoms with Crippen LogP contribution in [-0.4, -0.2) is 16.2 Å². The van der Waals surface area contributed by atoms with Crippen molar-refractivity contribution in [3.8, 4) is 6.07 Å². The maximum absolute atomic E-state index is 10.3. The van der Waals surface area contributed by atoms with Crippen molar-refractivity contribution in [2.75, 3.05) is 12.0 Å². The van der Waals surface area contributed by atoms with Crippen LogP contribution in [0.2, 0.25) is 0 Å². The maximum Gasteiger partial charge on any atom is 0.0622 e. The number of hydrogen-bond acceptors (Lipinski definition) is 2. The lowest BCUT2D eigenvalue weighted by Crippen LogP contribution is -1.91. The SMILES string of the molecule is C[S@@](=O)CCCC#N. The van der Waals surface area contributed by atoms with Gasteiger partial charge < -0.3 is 0 Å². The molecule has 0 amide bonds. The van der Waals surface area contributed by atoms with Crippen LogP contribution in [-0.2, 0) is 10.8 Å². The molecule has 0 aliphatic rings. The second-order valence-corrected chi connectivity index (χ2v) is 3.09. The number of rotatable bonds is 3. The smallest absolute Gasteiger partial charge is 0.0622 e. The molecule has 46 valence electrons. The van der Waals surface area contributed by atoms with Crippen molar-refractivity contribution in [1.82, 2.24) is 0 Å². The summed E-state index contributed by atoms with van der Waals surface area (Å²) in [6.07, 6.45) is 2.94. The van der Waals surface area contributed by atoms with Gasteiger partial charge >= 0.3 is 0 Å². The third-order valence-electron chi connectivity index (χ3n) is 0.720.